The Morgan fingerprint density at radius 3 is 2.65 bits per heavy atom. The van der Waals surface area contributed by atoms with E-state index in [0.29, 0.717) is 17.9 Å². The molecular weight excluding hydrogens is 435 g/mol. The number of fused-ring (bicyclic) bond motifs is 2. The molecule has 0 radical (unpaired) electrons. The second kappa shape index (κ2) is 8.89. The molecule has 2 aliphatic rings. The molecule has 1 fully saturated rings. The Bertz CT molecular complexity index is 1240. The summed E-state index contributed by atoms with van der Waals surface area (Å²) in [7, 11) is 3.30. The predicted molar refractivity (Wildman–Crippen MR) is 129 cm³/mol. The number of carbonyl (C=O) groups is 1. The van der Waals surface area contributed by atoms with Crippen molar-refractivity contribution >= 4 is 11.5 Å². The molecule has 0 aromatic heterocycles. The van der Waals surface area contributed by atoms with Gasteiger partial charge in [-0.3, -0.25) is 4.79 Å². The molecule has 2 N–H and O–H groups in total. The first-order valence-electron chi connectivity index (χ1n) is 11.1. The van der Waals surface area contributed by atoms with E-state index in [2.05, 4.69) is 5.32 Å². The van der Waals surface area contributed by atoms with Crippen LogP contribution >= 0.6 is 0 Å². The summed E-state index contributed by atoms with van der Waals surface area (Å²) >= 11 is 0. The highest BCUT2D eigenvalue weighted by Gasteiger charge is 2.38. The molecule has 7 heteroatoms. The van der Waals surface area contributed by atoms with Gasteiger partial charge in [0.2, 0.25) is 0 Å². The van der Waals surface area contributed by atoms with Crippen LogP contribution in [0.25, 0.3) is 5.57 Å². The smallest absolute Gasteiger partial charge is 0.251 e. The number of aromatic hydroxyl groups is 1. The molecule has 178 valence electrons. The lowest BCUT2D eigenvalue weighted by atomic mass is 9.94. The van der Waals surface area contributed by atoms with Gasteiger partial charge in [-0.05, 0) is 56.2 Å². The van der Waals surface area contributed by atoms with E-state index in [4.69, 9.17) is 9.47 Å². The third-order valence-electron chi connectivity index (χ3n) is 6.20. The van der Waals surface area contributed by atoms with Gasteiger partial charge in [-0.15, -0.1) is 0 Å². The second-order valence-corrected chi connectivity index (χ2v) is 9.07. The maximum absolute atomic E-state index is 13.9. The molecule has 0 spiro atoms. The minimum absolute atomic E-state index is 0.0794. The van der Waals surface area contributed by atoms with Crippen molar-refractivity contribution < 1.29 is 23.8 Å². The lowest BCUT2D eigenvalue weighted by molar-refractivity contribution is -0.133. The maximum atomic E-state index is 13.9. The highest BCUT2D eigenvalue weighted by atomic mass is 19.1. The number of rotatable bonds is 5. The number of methoxy groups -OCH3 is 1. The Morgan fingerprint density at radius 1 is 1.15 bits per heavy atom. The predicted octanol–water partition coefficient (Wildman–Crippen LogP) is 4.69. The van der Waals surface area contributed by atoms with Crippen LogP contribution in [0, 0.1) is 12.7 Å². The highest BCUT2D eigenvalue weighted by Crippen LogP contribution is 2.40. The number of aryl methyl sites for hydroxylation is 1. The Kier molecular flexibility index (Phi) is 6.13. The molecule has 0 atom stereocenters. The van der Waals surface area contributed by atoms with Gasteiger partial charge < -0.3 is 24.8 Å². The van der Waals surface area contributed by atoms with Crippen LogP contribution in [0.15, 0.2) is 65.5 Å². The highest BCUT2D eigenvalue weighted by molar-refractivity contribution is 5.91. The molecule has 1 saturated heterocycles. The number of ether oxygens (including phenoxy) is 2. The van der Waals surface area contributed by atoms with Crippen molar-refractivity contribution in [2.24, 2.45) is 0 Å². The van der Waals surface area contributed by atoms with Crippen LogP contribution in [0.3, 0.4) is 0 Å². The molecule has 1 heterocycles. The molecule has 4 rings (SSSR count). The molecule has 2 aromatic rings. The molecule has 1 aliphatic heterocycles. The van der Waals surface area contributed by atoms with Crippen molar-refractivity contribution in [3.8, 4) is 17.2 Å². The molecule has 6 nitrogen and oxygen atoms in total. The first-order valence-corrected chi connectivity index (χ1v) is 11.1. The number of phenolic OH excluding ortho intramolecular Hbond substituents is 1. The van der Waals surface area contributed by atoms with E-state index in [9.17, 15) is 14.3 Å². The van der Waals surface area contributed by atoms with E-state index in [1.807, 2.05) is 32.9 Å². The number of hydrogen-bond donors (Lipinski definition) is 2. The summed E-state index contributed by atoms with van der Waals surface area (Å²) in [5, 5.41) is 13.3. The van der Waals surface area contributed by atoms with Crippen LogP contribution in [0.1, 0.15) is 31.4 Å². The van der Waals surface area contributed by atoms with Gasteiger partial charge in [-0.1, -0.05) is 12.1 Å². The van der Waals surface area contributed by atoms with Crippen LogP contribution in [-0.4, -0.2) is 42.2 Å². The first kappa shape index (κ1) is 23.4. The average molecular weight is 465 g/mol. The number of likely N-dealkylation sites (N-methyl/N-ethyl adjacent to an activating group) is 1. The molecule has 2 bridgehead atoms. The summed E-state index contributed by atoms with van der Waals surface area (Å²) in [4.78, 5) is 14.9. The van der Waals surface area contributed by atoms with Gasteiger partial charge in [-0.25, -0.2) is 4.39 Å². The molecule has 0 unspecified atom stereocenters. The zero-order valence-corrected chi connectivity index (χ0v) is 20.0. The minimum atomic E-state index is -0.783. The van der Waals surface area contributed by atoms with E-state index in [-0.39, 0.29) is 24.1 Å². The van der Waals surface area contributed by atoms with Crippen LogP contribution in [0.4, 0.5) is 4.39 Å². The lowest BCUT2D eigenvalue weighted by Gasteiger charge is -2.29. The minimum Gasteiger partial charge on any atom is -0.508 e. The van der Waals surface area contributed by atoms with Crippen LogP contribution in [-0.2, 0) is 4.79 Å². The maximum Gasteiger partial charge on any atom is 0.251 e. The molecule has 0 saturated carbocycles. The van der Waals surface area contributed by atoms with Gasteiger partial charge >= 0.3 is 0 Å². The molecular formula is C27H29FN2O4. The fourth-order valence-corrected chi connectivity index (χ4v) is 4.38. The summed E-state index contributed by atoms with van der Waals surface area (Å²) in [6, 6.07) is 9.33. The number of hydrogen-bond acceptors (Lipinski definition) is 5. The van der Waals surface area contributed by atoms with Crippen LogP contribution < -0.4 is 14.8 Å². The first-order chi connectivity index (χ1) is 16.1. The van der Waals surface area contributed by atoms with E-state index < -0.39 is 5.54 Å². The average Bonchev–Trinajstić information content (AvgIpc) is 3.01. The van der Waals surface area contributed by atoms with E-state index in [1.54, 1.807) is 36.2 Å². The number of nitrogens with one attached hydrogen (secondary N) is 1. The van der Waals surface area contributed by atoms with Crippen molar-refractivity contribution in [1.29, 1.82) is 0 Å². The monoisotopic (exact) mass is 464 g/mol. The standard InChI is InChI=1S/C27H29FN2O4/c1-16-6-7-17(28)12-24(16)34-15-22-20(21-11-9-19(31)14-25(21)33-5)10-8-18-13-23(22)30(4)26(32)27(2,3)29-18/h6-12,14,29,31H,13,15H2,1-5H3. The van der Waals surface area contributed by atoms with Gasteiger partial charge in [0.05, 0.1) is 7.11 Å². The van der Waals surface area contributed by atoms with Crippen molar-refractivity contribution in [1.82, 2.24) is 10.2 Å². The van der Waals surface area contributed by atoms with Crippen molar-refractivity contribution in [3.05, 3.63) is 82.5 Å². The van der Waals surface area contributed by atoms with Crippen molar-refractivity contribution in [2.75, 3.05) is 20.8 Å². The Morgan fingerprint density at radius 2 is 1.91 bits per heavy atom. The van der Waals surface area contributed by atoms with Gasteiger partial charge in [0.1, 0.15) is 35.2 Å². The topological polar surface area (TPSA) is 71.0 Å². The van der Waals surface area contributed by atoms with Gasteiger partial charge in [0, 0.05) is 48.1 Å². The third kappa shape index (κ3) is 4.38. The molecule has 1 aliphatic carbocycles. The molecule has 1 amide bonds. The van der Waals surface area contributed by atoms with E-state index >= 15 is 0 Å². The fraction of sp³-hybridized carbons (Fsp3) is 0.296. The number of nitrogens with zero attached hydrogens (tertiary/aromatic N) is 1. The van der Waals surface area contributed by atoms with Gasteiger partial charge in [0.25, 0.3) is 5.91 Å². The lowest BCUT2D eigenvalue weighted by Crippen LogP contribution is -2.50. The number of halogens is 1. The number of phenols is 1. The number of allylic oxidation sites excluding steroid dienone is 2. The summed E-state index contributed by atoms with van der Waals surface area (Å²) < 4.78 is 25.6. The third-order valence-corrected chi connectivity index (χ3v) is 6.20. The largest absolute Gasteiger partial charge is 0.508 e. The fourth-order valence-electron chi connectivity index (χ4n) is 4.38. The molecule has 2 aromatic carbocycles. The van der Waals surface area contributed by atoms with Crippen molar-refractivity contribution in [3.63, 3.8) is 0 Å². The van der Waals surface area contributed by atoms with E-state index in [1.165, 1.54) is 19.2 Å². The Labute approximate surface area is 199 Å². The van der Waals surface area contributed by atoms with Crippen molar-refractivity contribution in [2.45, 2.75) is 32.7 Å². The Hall–Kier alpha value is -3.74. The second-order valence-electron chi connectivity index (χ2n) is 9.07. The normalized spacial score (nSPS) is 17.4. The zero-order valence-electron chi connectivity index (χ0n) is 20.0. The number of benzene rings is 2. The number of amides is 1. The quantitative estimate of drug-likeness (QED) is 0.672. The summed E-state index contributed by atoms with van der Waals surface area (Å²) in [5.41, 5.74) is 4.00. The van der Waals surface area contributed by atoms with Crippen LogP contribution in [0.2, 0.25) is 0 Å². The zero-order chi connectivity index (χ0) is 24.6. The number of carbonyl (C=O) groups excluding carboxylic acids is 1. The Balaban J connectivity index is 1.88. The van der Waals surface area contributed by atoms with Gasteiger partial charge in [-0.2, -0.15) is 0 Å². The summed E-state index contributed by atoms with van der Waals surface area (Å²) in [6.45, 7) is 5.66. The van der Waals surface area contributed by atoms with E-state index in [0.717, 1.165) is 33.7 Å². The van der Waals surface area contributed by atoms with Crippen LogP contribution in [0.5, 0.6) is 17.2 Å². The molecule has 34 heavy (non-hydrogen) atoms. The SMILES string of the molecule is COc1cc(O)ccc1C1=CC=C2CC(=C1COc1cc(F)ccc1C)N(C)C(=O)C(C)(C)N2. The van der Waals surface area contributed by atoms with Gasteiger partial charge in [0.15, 0.2) is 0 Å². The summed E-state index contributed by atoms with van der Waals surface area (Å²) in [6.07, 6.45) is 4.41. The summed E-state index contributed by atoms with van der Waals surface area (Å²) in [5.74, 6) is 0.543.